The van der Waals surface area contributed by atoms with E-state index in [2.05, 4.69) is 43.4 Å². The van der Waals surface area contributed by atoms with E-state index in [1.54, 1.807) is 0 Å². The lowest BCUT2D eigenvalue weighted by Crippen LogP contribution is -2.13. The first-order valence-corrected chi connectivity index (χ1v) is 5.82. The van der Waals surface area contributed by atoms with Crippen molar-refractivity contribution in [3.63, 3.8) is 0 Å². The first-order chi connectivity index (χ1) is 7.13. The van der Waals surface area contributed by atoms with Crippen LogP contribution in [0.5, 0.6) is 0 Å². The molecule has 1 heterocycles. The Balaban J connectivity index is 2.42. The summed E-state index contributed by atoms with van der Waals surface area (Å²) in [5.41, 5.74) is 1.22. The highest BCUT2D eigenvalue weighted by Gasteiger charge is 2.06. The second kappa shape index (κ2) is 5.91. The molecule has 0 amide bonds. The van der Waals surface area contributed by atoms with Crippen LogP contribution in [0, 0.1) is 5.92 Å². The fraction of sp³-hybridized carbons (Fsp3) is 0.750. The molecule has 1 unspecified atom stereocenters. The Kier molecular flexibility index (Phi) is 4.82. The normalized spacial score (nSPS) is 13.4. The largest absolute Gasteiger partial charge is 0.320 e. The van der Waals surface area contributed by atoms with E-state index in [0.717, 1.165) is 13.0 Å². The summed E-state index contributed by atoms with van der Waals surface area (Å²) in [5.74, 6) is 0.702. The Bertz CT molecular complexity index is 278. The zero-order valence-corrected chi connectivity index (χ0v) is 10.3. The van der Waals surface area contributed by atoms with Crippen molar-refractivity contribution in [1.29, 1.82) is 0 Å². The molecule has 1 atom stereocenters. The van der Waals surface area contributed by atoms with E-state index in [-0.39, 0.29) is 0 Å². The van der Waals surface area contributed by atoms with Gasteiger partial charge in [-0.25, -0.2) is 0 Å². The number of rotatable bonds is 6. The first kappa shape index (κ1) is 12.2. The summed E-state index contributed by atoms with van der Waals surface area (Å²) in [6, 6.07) is 2.60. The van der Waals surface area contributed by atoms with E-state index < -0.39 is 0 Å². The molecule has 86 valence electrons. The predicted molar refractivity (Wildman–Crippen MR) is 64.0 cm³/mol. The minimum absolute atomic E-state index is 0.464. The number of hydrogen-bond acceptors (Lipinski definition) is 2. The smallest absolute Gasteiger partial charge is 0.0627 e. The molecule has 0 fully saturated rings. The molecule has 0 spiro atoms. The van der Waals surface area contributed by atoms with Gasteiger partial charge in [0.2, 0.25) is 0 Å². The first-order valence-electron chi connectivity index (χ1n) is 5.82. The Morgan fingerprint density at radius 2 is 2.13 bits per heavy atom. The molecule has 1 N–H and O–H groups in total. The topological polar surface area (TPSA) is 29.9 Å². The highest BCUT2D eigenvalue weighted by molar-refractivity contribution is 5.00. The molecule has 0 aliphatic rings. The second-order valence-electron chi connectivity index (χ2n) is 4.58. The van der Waals surface area contributed by atoms with Crippen LogP contribution >= 0.6 is 0 Å². The van der Waals surface area contributed by atoms with Crippen LogP contribution in [0.1, 0.15) is 38.9 Å². The maximum absolute atomic E-state index is 4.55. The quantitative estimate of drug-likeness (QED) is 0.779. The molecule has 3 nitrogen and oxygen atoms in total. The number of hydrogen-bond donors (Lipinski definition) is 1. The summed E-state index contributed by atoms with van der Waals surface area (Å²) < 4.78 is 2.03. The van der Waals surface area contributed by atoms with Crippen LogP contribution in [-0.2, 0) is 6.42 Å². The Hall–Kier alpha value is -0.830. The Morgan fingerprint density at radius 3 is 2.67 bits per heavy atom. The van der Waals surface area contributed by atoms with Crippen LogP contribution in [0.3, 0.4) is 0 Å². The summed E-state index contributed by atoms with van der Waals surface area (Å²) >= 11 is 0. The van der Waals surface area contributed by atoms with Crippen molar-refractivity contribution in [3.8, 4) is 0 Å². The highest BCUT2D eigenvalue weighted by Crippen LogP contribution is 2.11. The second-order valence-corrected chi connectivity index (χ2v) is 4.58. The van der Waals surface area contributed by atoms with Crippen molar-refractivity contribution in [2.75, 3.05) is 13.6 Å². The van der Waals surface area contributed by atoms with Gasteiger partial charge in [-0.15, -0.1) is 0 Å². The van der Waals surface area contributed by atoms with E-state index in [1.165, 1.54) is 12.1 Å². The van der Waals surface area contributed by atoms with Crippen LogP contribution < -0.4 is 5.32 Å². The van der Waals surface area contributed by atoms with Gasteiger partial charge in [0.1, 0.15) is 0 Å². The van der Waals surface area contributed by atoms with Crippen LogP contribution in [0.2, 0.25) is 0 Å². The van der Waals surface area contributed by atoms with Gasteiger partial charge in [-0.2, -0.15) is 5.10 Å². The molecule has 0 aromatic carbocycles. The van der Waals surface area contributed by atoms with Crippen molar-refractivity contribution >= 4 is 0 Å². The summed E-state index contributed by atoms with van der Waals surface area (Å²) in [6.45, 7) is 7.68. The minimum Gasteiger partial charge on any atom is -0.320 e. The van der Waals surface area contributed by atoms with E-state index in [1.807, 2.05) is 11.7 Å². The van der Waals surface area contributed by atoms with Gasteiger partial charge in [-0.05, 0) is 52.3 Å². The van der Waals surface area contributed by atoms with Gasteiger partial charge < -0.3 is 5.32 Å². The summed E-state index contributed by atoms with van der Waals surface area (Å²) in [5, 5.41) is 7.74. The van der Waals surface area contributed by atoms with Gasteiger partial charge in [0, 0.05) is 12.2 Å². The number of nitrogens with one attached hydrogen (secondary N) is 1. The van der Waals surface area contributed by atoms with Crippen LogP contribution in [0.15, 0.2) is 12.3 Å². The standard InChI is InChI=1S/C12H23N3/c1-10(2)15-8-6-12(14-15)9-11(3)5-7-13-4/h6,8,10-11,13H,5,7,9H2,1-4H3. The summed E-state index contributed by atoms with van der Waals surface area (Å²) in [6.07, 6.45) is 4.37. The molecule has 3 heteroatoms. The molecule has 0 aliphatic heterocycles. The van der Waals surface area contributed by atoms with E-state index >= 15 is 0 Å². The fourth-order valence-electron chi connectivity index (χ4n) is 1.62. The Morgan fingerprint density at radius 1 is 1.40 bits per heavy atom. The molecule has 0 saturated heterocycles. The average Bonchev–Trinajstić information content (AvgIpc) is 2.63. The van der Waals surface area contributed by atoms with Gasteiger partial charge in [0.15, 0.2) is 0 Å². The lowest BCUT2D eigenvalue weighted by atomic mass is 10.0. The van der Waals surface area contributed by atoms with E-state index in [9.17, 15) is 0 Å². The van der Waals surface area contributed by atoms with Crippen molar-refractivity contribution < 1.29 is 0 Å². The number of aromatic nitrogens is 2. The monoisotopic (exact) mass is 209 g/mol. The zero-order chi connectivity index (χ0) is 11.3. The molecule has 0 saturated carbocycles. The fourth-order valence-corrected chi connectivity index (χ4v) is 1.62. The van der Waals surface area contributed by atoms with Crippen LogP contribution in [0.25, 0.3) is 0 Å². The molecule has 15 heavy (non-hydrogen) atoms. The van der Waals surface area contributed by atoms with Gasteiger partial charge in [0.25, 0.3) is 0 Å². The van der Waals surface area contributed by atoms with Crippen molar-refractivity contribution in [3.05, 3.63) is 18.0 Å². The molecule has 0 radical (unpaired) electrons. The van der Waals surface area contributed by atoms with Gasteiger partial charge >= 0.3 is 0 Å². The summed E-state index contributed by atoms with van der Waals surface area (Å²) in [4.78, 5) is 0. The average molecular weight is 209 g/mol. The molecule has 0 bridgehead atoms. The van der Waals surface area contributed by atoms with Crippen molar-refractivity contribution in [2.45, 2.75) is 39.7 Å². The maximum Gasteiger partial charge on any atom is 0.0627 e. The lowest BCUT2D eigenvalue weighted by Gasteiger charge is -2.09. The van der Waals surface area contributed by atoms with Crippen LogP contribution in [-0.4, -0.2) is 23.4 Å². The Labute approximate surface area is 92.9 Å². The SMILES string of the molecule is CNCCC(C)Cc1ccn(C(C)C)n1. The summed E-state index contributed by atoms with van der Waals surface area (Å²) in [7, 11) is 2.00. The van der Waals surface area contributed by atoms with Crippen LogP contribution in [0.4, 0.5) is 0 Å². The minimum atomic E-state index is 0.464. The predicted octanol–water partition coefficient (Wildman–Crippen LogP) is 2.25. The highest BCUT2D eigenvalue weighted by atomic mass is 15.3. The molecule has 1 aromatic heterocycles. The third kappa shape index (κ3) is 4.04. The molecular formula is C12H23N3. The molecule has 1 rings (SSSR count). The molecular weight excluding hydrogens is 186 g/mol. The maximum atomic E-state index is 4.55. The number of nitrogens with zero attached hydrogens (tertiary/aromatic N) is 2. The molecule has 1 aromatic rings. The van der Waals surface area contributed by atoms with Gasteiger partial charge in [-0.3, -0.25) is 4.68 Å². The zero-order valence-electron chi connectivity index (χ0n) is 10.3. The van der Waals surface area contributed by atoms with Crippen molar-refractivity contribution in [1.82, 2.24) is 15.1 Å². The molecule has 0 aliphatic carbocycles. The van der Waals surface area contributed by atoms with E-state index in [4.69, 9.17) is 0 Å². The van der Waals surface area contributed by atoms with Crippen molar-refractivity contribution in [2.24, 2.45) is 5.92 Å². The third-order valence-electron chi connectivity index (χ3n) is 2.64. The van der Waals surface area contributed by atoms with Gasteiger partial charge in [-0.1, -0.05) is 6.92 Å². The van der Waals surface area contributed by atoms with Gasteiger partial charge in [0.05, 0.1) is 5.69 Å². The lowest BCUT2D eigenvalue weighted by molar-refractivity contribution is 0.489. The third-order valence-corrected chi connectivity index (χ3v) is 2.64. The van der Waals surface area contributed by atoms with E-state index in [0.29, 0.717) is 12.0 Å².